The van der Waals surface area contributed by atoms with Gasteiger partial charge in [0.1, 0.15) is 11.0 Å². The summed E-state index contributed by atoms with van der Waals surface area (Å²) >= 11 is 0. The molecule has 0 aliphatic carbocycles. The number of aryl methyl sites for hydroxylation is 1. The summed E-state index contributed by atoms with van der Waals surface area (Å²) in [5.41, 5.74) is 0.343. The highest BCUT2D eigenvalue weighted by Crippen LogP contribution is 2.24. The maximum atomic E-state index is 12.7. The molecule has 2 aromatic rings. The molecule has 0 fully saturated rings. The molecule has 26 heavy (non-hydrogen) atoms. The Kier molecular flexibility index (Phi) is 4.94. The molecule has 9 heteroatoms. The molecule has 0 saturated heterocycles. The molecule has 0 aliphatic rings. The maximum absolute atomic E-state index is 12.7. The summed E-state index contributed by atoms with van der Waals surface area (Å²) in [6.07, 6.45) is 0. The second-order valence-electron chi connectivity index (χ2n) is 6.23. The van der Waals surface area contributed by atoms with Crippen LogP contribution in [-0.2, 0) is 17.1 Å². The summed E-state index contributed by atoms with van der Waals surface area (Å²) in [5.74, 6) is 0. The van der Waals surface area contributed by atoms with Crippen LogP contribution in [-0.4, -0.2) is 36.0 Å². The van der Waals surface area contributed by atoms with Crippen LogP contribution < -0.4 is 11.2 Å². The SMILES string of the molecule is Cc1cc(C#N)c(S(=O)(=O)N(C)C)cc1-n1c(=O)c(C)c(C)n(C)c1=O. The standard InChI is InChI=1S/C17H20N4O4S/c1-10-7-13(9-18)15(26(24,25)19(4)5)8-14(10)21-16(22)11(2)12(3)20(6)17(21)23/h7-8H,1-6H3. The van der Waals surface area contributed by atoms with Crippen molar-refractivity contribution in [2.45, 2.75) is 25.7 Å². The lowest BCUT2D eigenvalue weighted by atomic mass is 10.1. The van der Waals surface area contributed by atoms with Gasteiger partial charge in [-0.3, -0.25) is 4.79 Å². The molecule has 1 aromatic carbocycles. The summed E-state index contributed by atoms with van der Waals surface area (Å²) in [4.78, 5) is 25.1. The van der Waals surface area contributed by atoms with Crippen molar-refractivity contribution in [2.24, 2.45) is 7.05 Å². The Morgan fingerprint density at radius 1 is 1.12 bits per heavy atom. The molecule has 0 aliphatic heterocycles. The summed E-state index contributed by atoms with van der Waals surface area (Å²) < 4.78 is 28.4. The third-order valence-corrected chi connectivity index (χ3v) is 6.32. The number of nitrogens with zero attached hydrogens (tertiary/aromatic N) is 4. The normalized spacial score (nSPS) is 11.6. The first-order chi connectivity index (χ1) is 11.9. The van der Waals surface area contributed by atoms with Crippen LogP contribution in [0.5, 0.6) is 0 Å². The molecule has 1 heterocycles. The number of benzene rings is 1. The number of rotatable bonds is 3. The van der Waals surface area contributed by atoms with Crippen LogP contribution in [0.15, 0.2) is 26.6 Å². The van der Waals surface area contributed by atoms with E-state index in [4.69, 9.17) is 0 Å². The molecule has 0 N–H and O–H groups in total. The van der Waals surface area contributed by atoms with E-state index in [2.05, 4.69) is 0 Å². The Balaban J connectivity index is 3.03. The van der Waals surface area contributed by atoms with E-state index in [-0.39, 0.29) is 16.1 Å². The van der Waals surface area contributed by atoms with E-state index in [0.717, 1.165) is 8.87 Å². The van der Waals surface area contributed by atoms with Crippen molar-refractivity contribution in [3.05, 3.63) is 55.4 Å². The Bertz CT molecular complexity index is 1130. The van der Waals surface area contributed by atoms with Crippen LogP contribution >= 0.6 is 0 Å². The molecular formula is C17H20N4O4S. The second-order valence-corrected chi connectivity index (χ2v) is 8.35. The van der Waals surface area contributed by atoms with E-state index in [1.165, 1.54) is 37.8 Å². The minimum atomic E-state index is -3.93. The molecule has 0 saturated carbocycles. The number of nitriles is 1. The van der Waals surface area contributed by atoms with E-state index < -0.39 is 21.3 Å². The molecule has 0 unspecified atom stereocenters. The third-order valence-electron chi connectivity index (χ3n) is 4.47. The van der Waals surface area contributed by atoms with Gasteiger partial charge in [-0.25, -0.2) is 22.1 Å². The van der Waals surface area contributed by atoms with Crippen molar-refractivity contribution in [3.63, 3.8) is 0 Å². The van der Waals surface area contributed by atoms with Crippen LogP contribution in [0.3, 0.4) is 0 Å². The fourth-order valence-corrected chi connectivity index (χ4v) is 3.62. The summed E-state index contributed by atoms with van der Waals surface area (Å²) in [7, 11) is 0.293. The van der Waals surface area contributed by atoms with Crippen LogP contribution in [0.2, 0.25) is 0 Å². The zero-order chi connectivity index (χ0) is 20.0. The second kappa shape index (κ2) is 6.55. The summed E-state index contributed by atoms with van der Waals surface area (Å²) in [6.45, 7) is 4.88. The van der Waals surface area contributed by atoms with Crippen LogP contribution in [0, 0.1) is 32.1 Å². The van der Waals surface area contributed by atoms with Gasteiger partial charge in [-0.05, 0) is 38.5 Å². The van der Waals surface area contributed by atoms with Gasteiger partial charge >= 0.3 is 5.69 Å². The predicted molar refractivity (Wildman–Crippen MR) is 97.1 cm³/mol. The number of hydrogen-bond acceptors (Lipinski definition) is 5. The fraction of sp³-hybridized carbons (Fsp3) is 0.353. The molecule has 8 nitrogen and oxygen atoms in total. The lowest BCUT2D eigenvalue weighted by Gasteiger charge is -2.17. The smallest absolute Gasteiger partial charge is 0.300 e. The largest absolute Gasteiger partial charge is 0.335 e. The highest BCUT2D eigenvalue weighted by atomic mass is 32.2. The van der Waals surface area contributed by atoms with Gasteiger partial charge in [0.15, 0.2) is 0 Å². The van der Waals surface area contributed by atoms with Gasteiger partial charge in [0, 0.05) is 32.4 Å². The zero-order valence-corrected chi connectivity index (χ0v) is 16.3. The highest BCUT2D eigenvalue weighted by molar-refractivity contribution is 7.89. The van der Waals surface area contributed by atoms with Crippen molar-refractivity contribution < 1.29 is 8.42 Å². The van der Waals surface area contributed by atoms with Crippen LogP contribution in [0.1, 0.15) is 22.4 Å². The Morgan fingerprint density at radius 3 is 2.19 bits per heavy atom. The van der Waals surface area contributed by atoms with Gasteiger partial charge in [0.05, 0.1) is 11.3 Å². The summed E-state index contributed by atoms with van der Waals surface area (Å²) in [6, 6.07) is 4.44. The maximum Gasteiger partial charge on any atom is 0.335 e. The monoisotopic (exact) mass is 376 g/mol. The Labute approximate surface area is 151 Å². The predicted octanol–water partition coefficient (Wildman–Crippen LogP) is 0.583. The first kappa shape index (κ1) is 19.6. The van der Waals surface area contributed by atoms with Crippen LogP contribution in [0.25, 0.3) is 5.69 Å². The number of sulfonamides is 1. The first-order valence-electron chi connectivity index (χ1n) is 7.72. The van der Waals surface area contributed by atoms with Gasteiger partial charge < -0.3 is 4.57 Å². The fourth-order valence-electron chi connectivity index (χ4n) is 2.58. The van der Waals surface area contributed by atoms with Crippen molar-refractivity contribution in [1.82, 2.24) is 13.4 Å². The van der Waals surface area contributed by atoms with Gasteiger partial charge in [0.25, 0.3) is 5.56 Å². The molecular weight excluding hydrogens is 356 g/mol. The molecule has 0 spiro atoms. The minimum Gasteiger partial charge on any atom is -0.300 e. The minimum absolute atomic E-state index is 0.0475. The molecule has 0 atom stereocenters. The quantitative estimate of drug-likeness (QED) is 0.779. The molecule has 0 bridgehead atoms. The van der Waals surface area contributed by atoms with E-state index in [1.54, 1.807) is 20.8 Å². The van der Waals surface area contributed by atoms with Gasteiger partial charge in [-0.1, -0.05) is 0 Å². The zero-order valence-electron chi connectivity index (χ0n) is 15.5. The third kappa shape index (κ3) is 2.87. The van der Waals surface area contributed by atoms with Crippen molar-refractivity contribution >= 4 is 10.0 Å². The van der Waals surface area contributed by atoms with E-state index in [0.29, 0.717) is 16.8 Å². The van der Waals surface area contributed by atoms with E-state index >= 15 is 0 Å². The lowest BCUT2D eigenvalue weighted by Crippen LogP contribution is -2.40. The topological polar surface area (TPSA) is 105 Å². The first-order valence-corrected chi connectivity index (χ1v) is 9.16. The average Bonchev–Trinajstić information content (AvgIpc) is 2.58. The number of hydrogen-bond donors (Lipinski definition) is 0. The average molecular weight is 376 g/mol. The highest BCUT2D eigenvalue weighted by Gasteiger charge is 2.24. The number of aromatic nitrogens is 2. The van der Waals surface area contributed by atoms with Gasteiger partial charge in [-0.2, -0.15) is 5.26 Å². The van der Waals surface area contributed by atoms with Gasteiger partial charge in [-0.15, -0.1) is 0 Å². The van der Waals surface area contributed by atoms with Crippen molar-refractivity contribution in [2.75, 3.05) is 14.1 Å². The lowest BCUT2D eigenvalue weighted by molar-refractivity contribution is 0.520. The Morgan fingerprint density at radius 2 is 1.69 bits per heavy atom. The molecule has 0 amide bonds. The van der Waals surface area contributed by atoms with Crippen molar-refractivity contribution in [3.8, 4) is 11.8 Å². The van der Waals surface area contributed by atoms with Gasteiger partial charge in [0.2, 0.25) is 10.0 Å². The molecule has 0 radical (unpaired) electrons. The van der Waals surface area contributed by atoms with E-state index in [1.807, 2.05) is 6.07 Å². The molecule has 138 valence electrons. The van der Waals surface area contributed by atoms with Crippen molar-refractivity contribution in [1.29, 1.82) is 5.26 Å². The molecule has 2 rings (SSSR count). The Hall–Kier alpha value is -2.70. The van der Waals surface area contributed by atoms with Crippen LogP contribution in [0.4, 0.5) is 0 Å². The molecule has 1 aromatic heterocycles. The summed E-state index contributed by atoms with van der Waals surface area (Å²) in [5, 5.41) is 9.32. The van der Waals surface area contributed by atoms with E-state index in [9.17, 15) is 23.3 Å².